The number of hydrogen-bond donors (Lipinski definition) is 1. The van der Waals surface area contributed by atoms with Crippen molar-refractivity contribution in [2.24, 2.45) is 5.92 Å². The van der Waals surface area contributed by atoms with Crippen molar-refractivity contribution in [1.29, 1.82) is 0 Å². The summed E-state index contributed by atoms with van der Waals surface area (Å²) < 4.78 is 48.2. The van der Waals surface area contributed by atoms with E-state index in [9.17, 15) is 13.2 Å². The number of nitrogens with zero attached hydrogens (tertiary/aromatic N) is 6. The first-order valence-corrected chi connectivity index (χ1v) is 13.4. The molecule has 1 aliphatic carbocycles. The van der Waals surface area contributed by atoms with Gasteiger partial charge >= 0.3 is 0 Å². The molecule has 1 aromatic carbocycles. The van der Waals surface area contributed by atoms with Crippen LogP contribution in [-0.2, 0) is 4.74 Å². The molecule has 38 heavy (non-hydrogen) atoms. The highest BCUT2D eigenvalue weighted by molar-refractivity contribution is 5.78. The lowest BCUT2D eigenvalue weighted by atomic mass is 9.85. The minimum atomic E-state index is -2.76. The molecule has 5 rings (SSSR count). The zero-order valence-electron chi connectivity index (χ0n) is 22.0. The number of rotatable bonds is 9. The highest BCUT2D eigenvalue weighted by Crippen LogP contribution is 2.31. The summed E-state index contributed by atoms with van der Waals surface area (Å²) in [5.74, 6) is 1.54. The van der Waals surface area contributed by atoms with Gasteiger partial charge in [0.15, 0.2) is 5.82 Å². The summed E-state index contributed by atoms with van der Waals surface area (Å²) in [6, 6.07) is 9.17. The molecule has 0 radical (unpaired) electrons. The van der Waals surface area contributed by atoms with Gasteiger partial charge < -0.3 is 15.0 Å². The largest absolute Gasteiger partial charge is 0.378 e. The van der Waals surface area contributed by atoms with Gasteiger partial charge in [-0.3, -0.25) is 9.47 Å². The van der Waals surface area contributed by atoms with E-state index >= 15 is 0 Å². The first-order valence-electron chi connectivity index (χ1n) is 13.4. The van der Waals surface area contributed by atoms with Crippen LogP contribution in [-0.4, -0.2) is 83.1 Å². The smallest absolute Gasteiger partial charge is 0.296 e. The van der Waals surface area contributed by atoms with Crippen molar-refractivity contribution >= 4 is 22.8 Å². The van der Waals surface area contributed by atoms with Crippen LogP contribution in [0.2, 0.25) is 0 Å². The monoisotopic (exact) mass is 531 g/mol. The minimum absolute atomic E-state index is 0.0678. The fraction of sp³-hybridized carbons (Fsp3) is 0.593. The number of benzene rings is 1. The summed E-state index contributed by atoms with van der Waals surface area (Å²) >= 11 is 0. The Morgan fingerprint density at radius 1 is 1.05 bits per heavy atom. The van der Waals surface area contributed by atoms with Gasteiger partial charge in [-0.15, -0.1) is 0 Å². The molecule has 1 N–H and O–H groups in total. The van der Waals surface area contributed by atoms with Crippen molar-refractivity contribution in [3.8, 4) is 5.82 Å². The van der Waals surface area contributed by atoms with E-state index in [1.54, 1.807) is 30.3 Å². The third kappa shape index (κ3) is 5.73. The molecule has 0 bridgehead atoms. The predicted molar refractivity (Wildman–Crippen MR) is 142 cm³/mol. The molecule has 2 fully saturated rings. The van der Waals surface area contributed by atoms with Crippen LogP contribution in [0.1, 0.15) is 44.9 Å². The van der Waals surface area contributed by atoms with Gasteiger partial charge in [-0.1, -0.05) is 12.1 Å². The maximum atomic E-state index is 14.1. The first-order chi connectivity index (χ1) is 18.4. The molecule has 1 unspecified atom stereocenters. The zero-order chi connectivity index (χ0) is 26.6. The van der Waals surface area contributed by atoms with Crippen LogP contribution in [0.3, 0.4) is 0 Å². The number of alkyl halides is 3. The topological polar surface area (TPSA) is 71.3 Å². The molecular weight excluding hydrogens is 495 g/mol. The van der Waals surface area contributed by atoms with Crippen LogP contribution in [0.25, 0.3) is 16.9 Å². The van der Waals surface area contributed by atoms with Crippen LogP contribution in [0.15, 0.2) is 30.3 Å². The second-order valence-electron chi connectivity index (χ2n) is 10.3. The van der Waals surface area contributed by atoms with Crippen molar-refractivity contribution in [3.05, 3.63) is 36.2 Å². The molecule has 1 saturated carbocycles. The molecule has 2 aliphatic rings. The Hall–Kier alpha value is -2.92. The summed E-state index contributed by atoms with van der Waals surface area (Å²) in [6.45, 7) is 4.76. The molecule has 1 atom stereocenters. The molecule has 3 heterocycles. The predicted octanol–water partition coefficient (Wildman–Crippen LogP) is 4.85. The summed E-state index contributed by atoms with van der Waals surface area (Å²) in [5.41, 5.74) is 1.07. The van der Waals surface area contributed by atoms with E-state index in [2.05, 4.69) is 25.1 Å². The van der Waals surface area contributed by atoms with Gasteiger partial charge in [-0.05, 0) is 57.7 Å². The lowest BCUT2D eigenvalue weighted by Crippen LogP contribution is -2.42. The summed E-state index contributed by atoms with van der Waals surface area (Å²) in [6.07, 6.45) is 1.34. The van der Waals surface area contributed by atoms with Gasteiger partial charge in [-0.25, -0.2) is 18.2 Å². The van der Waals surface area contributed by atoms with Crippen LogP contribution < -0.4 is 10.2 Å². The molecule has 8 nitrogen and oxygen atoms in total. The second kappa shape index (κ2) is 11.9. The van der Waals surface area contributed by atoms with E-state index in [0.717, 1.165) is 25.7 Å². The van der Waals surface area contributed by atoms with E-state index in [1.807, 2.05) is 14.0 Å². The number of aromatic nitrogens is 4. The molecule has 3 aromatic rings. The van der Waals surface area contributed by atoms with Crippen molar-refractivity contribution in [3.63, 3.8) is 0 Å². The van der Waals surface area contributed by atoms with Gasteiger partial charge in [-0.2, -0.15) is 9.97 Å². The van der Waals surface area contributed by atoms with Gasteiger partial charge in [0.25, 0.3) is 6.43 Å². The molecule has 11 heteroatoms. The standard InChI is InChI=1S/C27H36F3N7O/c1-18(16-28)35(2)20-9-7-19(8-10-20)17-31-27-33-23(36-11-13-38-14-12-36)15-24(34-27)37-22-6-4-3-5-21(22)32-26(37)25(29)30/h3-6,15,18-20,25H,7-14,16-17H2,1-2H3,(H,31,33,34)/t18?,19-,20-. The third-order valence-electron chi connectivity index (χ3n) is 7.90. The fourth-order valence-corrected chi connectivity index (χ4v) is 5.46. The Morgan fingerprint density at radius 2 is 1.76 bits per heavy atom. The minimum Gasteiger partial charge on any atom is -0.378 e. The van der Waals surface area contributed by atoms with E-state index in [-0.39, 0.29) is 18.5 Å². The lowest BCUT2D eigenvalue weighted by Gasteiger charge is -2.37. The highest BCUT2D eigenvalue weighted by atomic mass is 19.3. The van der Waals surface area contributed by atoms with Gasteiger partial charge in [0.1, 0.15) is 18.3 Å². The van der Waals surface area contributed by atoms with Crippen LogP contribution >= 0.6 is 0 Å². The van der Waals surface area contributed by atoms with Gasteiger partial charge in [0.05, 0.1) is 24.2 Å². The summed E-state index contributed by atoms with van der Waals surface area (Å²) in [5, 5.41) is 3.40. The van der Waals surface area contributed by atoms with Crippen molar-refractivity contribution in [1.82, 2.24) is 24.4 Å². The lowest BCUT2D eigenvalue weighted by molar-refractivity contribution is 0.114. The number of anilines is 2. The van der Waals surface area contributed by atoms with Crippen molar-refractivity contribution < 1.29 is 17.9 Å². The average molecular weight is 532 g/mol. The number of hydrogen-bond acceptors (Lipinski definition) is 7. The number of imidazole rings is 1. The number of morpholine rings is 1. The van der Waals surface area contributed by atoms with Crippen molar-refractivity contribution in [2.45, 2.75) is 51.1 Å². The Balaban J connectivity index is 1.39. The number of ether oxygens (including phenoxy) is 1. The molecule has 206 valence electrons. The molecular formula is C27H36F3N7O. The van der Waals surface area contributed by atoms with E-state index in [0.29, 0.717) is 73.4 Å². The molecule has 1 aliphatic heterocycles. The van der Waals surface area contributed by atoms with Crippen molar-refractivity contribution in [2.75, 3.05) is 56.8 Å². The molecule has 0 amide bonds. The quantitative estimate of drug-likeness (QED) is 0.423. The Kier molecular flexibility index (Phi) is 8.32. The summed E-state index contributed by atoms with van der Waals surface area (Å²) in [4.78, 5) is 17.9. The van der Waals surface area contributed by atoms with Gasteiger partial charge in [0, 0.05) is 37.8 Å². The molecule has 2 aromatic heterocycles. The van der Waals surface area contributed by atoms with Crippen LogP contribution in [0, 0.1) is 5.92 Å². The summed E-state index contributed by atoms with van der Waals surface area (Å²) in [7, 11) is 2.01. The van der Waals surface area contributed by atoms with E-state index in [4.69, 9.17) is 9.72 Å². The highest BCUT2D eigenvalue weighted by Gasteiger charge is 2.27. The van der Waals surface area contributed by atoms with Crippen LogP contribution in [0.5, 0.6) is 0 Å². The fourth-order valence-electron chi connectivity index (χ4n) is 5.46. The zero-order valence-corrected chi connectivity index (χ0v) is 22.0. The number of nitrogens with one attached hydrogen (secondary N) is 1. The Morgan fingerprint density at radius 3 is 2.47 bits per heavy atom. The number of fused-ring (bicyclic) bond motifs is 1. The molecule has 1 saturated heterocycles. The van der Waals surface area contributed by atoms with E-state index in [1.165, 1.54) is 4.57 Å². The Bertz CT molecular complexity index is 1210. The SMILES string of the molecule is CC(CF)N(C)[C@H]1CC[C@H](CNc2nc(N3CCOCC3)cc(-n3c(C(F)F)nc4ccccc43)n2)CC1. The van der Waals surface area contributed by atoms with Gasteiger partial charge in [0.2, 0.25) is 5.95 Å². The Labute approximate surface area is 221 Å². The van der Waals surface area contributed by atoms with Crippen LogP contribution in [0.4, 0.5) is 24.9 Å². The normalized spacial score (nSPS) is 21.4. The number of para-hydroxylation sites is 2. The average Bonchev–Trinajstić information content (AvgIpc) is 3.36. The maximum Gasteiger partial charge on any atom is 0.296 e. The number of halogens is 3. The van der Waals surface area contributed by atoms with E-state index < -0.39 is 6.43 Å². The first kappa shape index (κ1) is 26.7. The maximum absolute atomic E-state index is 14.1. The molecule has 0 spiro atoms. The second-order valence-corrected chi connectivity index (χ2v) is 10.3. The third-order valence-corrected chi connectivity index (χ3v) is 7.90.